The van der Waals surface area contributed by atoms with Gasteiger partial charge in [0.2, 0.25) is 11.9 Å². The molecular weight excluding hydrogens is 214 g/mol. The fraction of sp³-hybridized carbons (Fsp3) is 0.300. The quantitative estimate of drug-likeness (QED) is 0.668. The lowest BCUT2D eigenvalue weighted by Crippen LogP contribution is -2.26. The molecule has 1 amide bonds. The summed E-state index contributed by atoms with van der Waals surface area (Å²) in [5, 5.41) is 0.443. The molecule has 0 radical (unpaired) electrons. The maximum atomic E-state index is 11.5. The summed E-state index contributed by atoms with van der Waals surface area (Å²) >= 11 is 5.65. The number of carbonyl (C=O) groups is 1. The number of terminal acetylenes is 1. The molecule has 1 aromatic heterocycles. The van der Waals surface area contributed by atoms with Crippen molar-refractivity contribution in [2.75, 3.05) is 11.4 Å². The van der Waals surface area contributed by atoms with Gasteiger partial charge in [-0.25, -0.2) is 9.97 Å². The van der Waals surface area contributed by atoms with Gasteiger partial charge in [0.25, 0.3) is 0 Å². The molecule has 1 aromatic rings. The third-order valence-electron chi connectivity index (χ3n) is 2.21. The fourth-order valence-corrected chi connectivity index (χ4v) is 1.55. The Morgan fingerprint density at radius 2 is 2.20 bits per heavy atom. The highest BCUT2D eigenvalue weighted by molar-refractivity contribution is 6.30. The van der Waals surface area contributed by atoms with Crippen LogP contribution in [0.1, 0.15) is 6.42 Å². The van der Waals surface area contributed by atoms with Crippen molar-refractivity contribution in [3.63, 3.8) is 0 Å². The molecule has 0 bridgehead atoms. The molecule has 4 nitrogen and oxygen atoms in total. The molecule has 1 atom stereocenters. The van der Waals surface area contributed by atoms with Gasteiger partial charge in [0, 0.05) is 18.9 Å². The number of anilines is 1. The topological polar surface area (TPSA) is 46.1 Å². The summed E-state index contributed by atoms with van der Waals surface area (Å²) in [5.74, 6) is 2.84. The van der Waals surface area contributed by atoms with Crippen LogP contribution in [0.15, 0.2) is 12.4 Å². The summed E-state index contributed by atoms with van der Waals surface area (Å²) in [6, 6.07) is 0. The Morgan fingerprint density at radius 3 is 2.73 bits per heavy atom. The fourth-order valence-electron chi connectivity index (χ4n) is 1.46. The van der Waals surface area contributed by atoms with E-state index in [9.17, 15) is 4.79 Å². The minimum absolute atomic E-state index is 0.0414. The molecular formula is C10H8ClN3O. The second kappa shape index (κ2) is 3.87. The largest absolute Gasteiger partial charge is 0.279 e. The van der Waals surface area contributed by atoms with Crippen molar-refractivity contribution in [1.82, 2.24) is 9.97 Å². The minimum atomic E-state index is -0.0446. The van der Waals surface area contributed by atoms with Gasteiger partial charge in [-0.15, -0.1) is 12.3 Å². The first-order valence-electron chi connectivity index (χ1n) is 4.44. The molecule has 1 fully saturated rings. The number of hydrogen-bond acceptors (Lipinski definition) is 3. The molecule has 0 aliphatic carbocycles. The Labute approximate surface area is 92.3 Å². The van der Waals surface area contributed by atoms with Gasteiger partial charge in [0.05, 0.1) is 17.4 Å². The van der Waals surface area contributed by atoms with E-state index in [4.69, 9.17) is 18.0 Å². The first-order valence-corrected chi connectivity index (χ1v) is 4.82. The van der Waals surface area contributed by atoms with Crippen LogP contribution in [0.5, 0.6) is 0 Å². The Hall–Kier alpha value is -1.60. The Morgan fingerprint density at radius 1 is 1.53 bits per heavy atom. The van der Waals surface area contributed by atoms with Crippen molar-refractivity contribution >= 4 is 23.5 Å². The Balaban J connectivity index is 2.22. The van der Waals surface area contributed by atoms with E-state index in [1.54, 1.807) is 0 Å². The van der Waals surface area contributed by atoms with Gasteiger partial charge in [-0.05, 0) is 0 Å². The van der Waals surface area contributed by atoms with E-state index in [1.807, 2.05) is 0 Å². The van der Waals surface area contributed by atoms with Gasteiger partial charge < -0.3 is 0 Å². The highest BCUT2D eigenvalue weighted by Gasteiger charge is 2.30. The molecule has 76 valence electrons. The summed E-state index contributed by atoms with van der Waals surface area (Å²) in [7, 11) is 0. The third-order valence-corrected chi connectivity index (χ3v) is 2.40. The maximum Gasteiger partial charge on any atom is 0.232 e. The Bertz CT molecular complexity index is 423. The number of carbonyl (C=O) groups excluding carboxylic acids is 1. The monoisotopic (exact) mass is 221 g/mol. The zero-order chi connectivity index (χ0) is 10.8. The van der Waals surface area contributed by atoms with Crippen LogP contribution >= 0.6 is 11.6 Å². The lowest BCUT2D eigenvalue weighted by molar-refractivity contribution is -0.117. The number of hydrogen-bond donors (Lipinski definition) is 0. The van der Waals surface area contributed by atoms with Crippen molar-refractivity contribution < 1.29 is 4.79 Å². The molecule has 15 heavy (non-hydrogen) atoms. The lowest BCUT2D eigenvalue weighted by Gasteiger charge is -2.12. The van der Waals surface area contributed by atoms with Crippen LogP contribution in [0, 0.1) is 18.3 Å². The van der Waals surface area contributed by atoms with Crippen molar-refractivity contribution in [2.24, 2.45) is 5.92 Å². The molecule has 5 heteroatoms. The summed E-state index contributed by atoms with van der Waals surface area (Å²) in [6.45, 7) is 0.483. The molecule has 1 saturated heterocycles. The van der Waals surface area contributed by atoms with E-state index >= 15 is 0 Å². The first-order chi connectivity index (χ1) is 7.20. The van der Waals surface area contributed by atoms with Crippen molar-refractivity contribution in [3.8, 4) is 12.3 Å². The van der Waals surface area contributed by atoms with Gasteiger partial charge in [-0.2, -0.15) is 0 Å². The normalized spacial score (nSPS) is 20.4. The average Bonchev–Trinajstić information content (AvgIpc) is 2.61. The number of halogens is 1. The molecule has 1 unspecified atom stereocenters. The van der Waals surface area contributed by atoms with Crippen LogP contribution in [0.2, 0.25) is 5.02 Å². The molecule has 0 N–H and O–H groups in total. The van der Waals surface area contributed by atoms with Crippen LogP contribution < -0.4 is 4.90 Å². The summed E-state index contributed by atoms with van der Waals surface area (Å²) in [6.07, 6.45) is 8.55. The lowest BCUT2D eigenvalue weighted by atomic mass is 10.1. The zero-order valence-corrected chi connectivity index (χ0v) is 8.61. The maximum absolute atomic E-state index is 11.5. The predicted octanol–water partition coefficient (Wildman–Crippen LogP) is 1.12. The molecule has 1 aliphatic heterocycles. The van der Waals surface area contributed by atoms with Gasteiger partial charge in [-0.3, -0.25) is 9.69 Å². The number of nitrogens with zero attached hydrogens (tertiary/aromatic N) is 3. The van der Waals surface area contributed by atoms with Gasteiger partial charge >= 0.3 is 0 Å². The average molecular weight is 222 g/mol. The SMILES string of the molecule is C#CC1CC(=O)N(c2ncc(Cl)cn2)C1. The third kappa shape index (κ3) is 1.92. The van der Waals surface area contributed by atoms with Crippen LogP contribution in [-0.4, -0.2) is 22.4 Å². The number of rotatable bonds is 1. The van der Waals surface area contributed by atoms with E-state index < -0.39 is 0 Å². The van der Waals surface area contributed by atoms with Gasteiger partial charge in [-0.1, -0.05) is 11.6 Å². The van der Waals surface area contributed by atoms with Crippen molar-refractivity contribution in [2.45, 2.75) is 6.42 Å². The van der Waals surface area contributed by atoms with E-state index in [2.05, 4.69) is 15.9 Å². The summed E-state index contributed by atoms with van der Waals surface area (Å²) < 4.78 is 0. The second-order valence-electron chi connectivity index (χ2n) is 3.27. The van der Waals surface area contributed by atoms with Crippen molar-refractivity contribution in [1.29, 1.82) is 0 Å². The second-order valence-corrected chi connectivity index (χ2v) is 3.71. The van der Waals surface area contributed by atoms with Crippen molar-refractivity contribution in [3.05, 3.63) is 17.4 Å². The molecule has 0 aromatic carbocycles. The highest BCUT2D eigenvalue weighted by Crippen LogP contribution is 2.21. The van der Waals surface area contributed by atoms with Gasteiger partial charge in [0.15, 0.2) is 0 Å². The van der Waals surface area contributed by atoms with Crippen LogP contribution in [0.3, 0.4) is 0 Å². The zero-order valence-electron chi connectivity index (χ0n) is 7.85. The number of aromatic nitrogens is 2. The molecule has 1 aliphatic rings. The highest BCUT2D eigenvalue weighted by atomic mass is 35.5. The molecule has 0 spiro atoms. The summed E-state index contributed by atoms with van der Waals surface area (Å²) in [5.41, 5.74) is 0. The van der Waals surface area contributed by atoms with Crippen LogP contribution in [0.25, 0.3) is 0 Å². The Kier molecular flexibility index (Phi) is 2.57. The van der Waals surface area contributed by atoms with Crippen LogP contribution in [-0.2, 0) is 4.79 Å². The number of amides is 1. The van der Waals surface area contributed by atoms with E-state index in [-0.39, 0.29) is 11.8 Å². The standard InChI is InChI=1S/C10H8ClN3O/c1-2-7-3-9(15)14(6-7)10-12-4-8(11)5-13-10/h1,4-5,7H,3,6H2. The smallest absolute Gasteiger partial charge is 0.232 e. The van der Waals surface area contributed by atoms with E-state index in [1.165, 1.54) is 17.3 Å². The van der Waals surface area contributed by atoms with Crippen LogP contribution in [0.4, 0.5) is 5.95 Å². The molecule has 2 heterocycles. The summed E-state index contributed by atoms with van der Waals surface area (Å²) in [4.78, 5) is 21.0. The molecule has 2 rings (SSSR count). The predicted molar refractivity (Wildman–Crippen MR) is 56.3 cm³/mol. The minimum Gasteiger partial charge on any atom is -0.279 e. The molecule has 0 saturated carbocycles. The van der Waals surface area contributed by atoms with E-state index in [0.29, 0.717) is 23.9 Å². The van der Waals surface area contributed by atoms with Gasteiger partial charge in [0.1, 0.15) is 0 Å². The first kappa shape index (κ1) is 9.94. The van der Waals surface area contributed by atoms with E-state index in [0.717, 1.165) is 0 Å².